The fourth-order valence-corrected chi connectivity index (χ4v) is 3.12. The molecule has 1 fully saturated rings. The fourth-order valence-electron chi connectivity index (χ4n) is 2.48. The van der Waals surface area contributed by atoms with Crippen molar-refractivity contribution >= 4 is 28.4 Å². The van der Waals surface area contributed by atoms with E-state index in [0.29, 0.717) is 0 Å². The van der Waals surface area contributed by atoms with E-state index in [-0.39, 0.29) is 11.2 Å². The first kappa shape index (κ1) is 13.0. The van der Waals surface area contributed by atoms with Gasteiger partial charge in [-0.1, -0.05) is 0 Å². The highest BCUT2D eigenvalue weighted by Crippen LogP contribution is 2.31. The van der Waals surface area contributed by atoms with Gasteiger partial charge in [0.25, 0.3) is 0 Å². The molecule has 1 aromatic rings. The van der Waals surface area contributed by atoms with Crippen molar-refractivity contribution in [3.8, 4) is 0 Å². The highest BCUT2D eigenvalue weighted by Gasteiger charge is 2.39. The van der Waals surface area contributed by atoms with Gasteiger partial charge in [0, 0.05) is 19.3 Å². The van der Waals surface area contributed by atoms with Crippen LogP contribution in [0.5, 0.6) is 0 Å². The van der Waals surface area contributed by atoms with E-state index in [2.05, 4.69) is 65.2 Å². The second-order valence-corrected chi connectivity index (χ2v) is 6.83. The molecule has 1 aliphatic heterocycles. The first-order chi connectivity index (χ1) is 7.79. The van der Waals surface area contributed by atoms with Crippen LogP contribution < -0.4 is 4.90 Å². The van der Waals surface area contributed by atoms with Crippen LogP contribution >= 0.6 is 22.6 Å². The molecule has 0 atom stereocenters. The summed E-state index contributed by atoms with van der Waals surface area (Å²) >= 11 is 2.28. The lowest BCUT2D eigenvalue weighted by atomic mass is 9.99. The van der Waals surface area contributed by atoms with Gasteiger partial charge < -0.3 is 9.64 Å². The monoisotopic (exact) mass is 347 g/mol. The van der Waals surface area contributed by atoms with Gasteiger partial charge >= 0.3 is 0 Å². The van der Waals surface area contributed by atoms with Crippen LogP contribution in [0.15, 0.2) is 12.5 Å². The molecule has 2 rings (SSSR count). The molecule has 0 aliphatic carbocycles. The van der Waals surface area contributed by atoms with Crippen molar-refractivity contribution in [1.82, 2.24) is 9.97 Å². The van der Waals surface area contributed by atoms with Gasteiger partial charge in [-0.05, 0) is 50.3 Å². The summed E-state index contributed by atoms with van der Waals surface area (Å²) in [5.74, 6) is 1.00. The lowest BCUT2D eigenvalue weighted by molar-refractivity contribution is -0.133. The van der Waals surface area contributed by atoms with Crippen molar-refractivity contribution in [2.45, 2.75) is 38.9 Å². The molecule has 17 heavy (non-hydrogen) atoms. The molecule has 0 spiro atoms. The molecule has 0 amide bonds. The predicted molar refractivity (Wildman–Crippen MR) is 76.2 cm³/mol. The van der Waals surface area contributed by atoms with Crippen molar-refractivity contribution in [2.75, 3.05) is 18.0 Å². The summed E-state index contributed by atoms with van der Waals surface area (Å²) in [6, 6.07) is 0. The van der Waals surface area contributed by atoms with Crippen LogP contribution in [0.25, 0.3) is 0 Å². The second kappa shape index (κ2) is 4.35. The van der Waals surface area contributed by atoms with Crippen LogP contribution in [0, 0.1) is 3.57 Å². The maximum absolute atomic E-state index is 6.07. The number of morpholine rings is 1. The van der Waals surface area contributed by atoms with Gasteiger partial charge in [-0.15, -0.1) is 0 Å². The zero-order valence-electron chi connectivity index (χ0n) is 10.7. The Morgan fingerprint density at radius 3 is 2.35 bits per heavy atom. The molecule has 0 unspecified atom stereocenters. The molecule has 0 radical (unpaired) electrons. The van der Waals surface area contributed by atoms with Crippen LogP contribution in [0.1, 0.15) is 27.7 Å². The Hall–Kier alpha value is -0.430. The molecule has 0 aromatic carbocycles. The maximum Gasteiger partial charge on any atom is 0.145 e. The number of hydrogen-bond donors (Lipinski definition) is 0. The maximum atomic E-state index is 6.07. The lowest BCUT2D eigenvalue weighted by Crippen LogP contribution is -2.57. The molecular formula is C12H18IN3O. The van der Waals surface area contributed by atoms with Gasteiger partial charge in [-0.25, -0.2) is 9.97 Å². The van der Waals surface area contributed by atoms with E-state index < -0.39 is 0 Å². The first-order valence-electron chi connectivity index (χ1n) is 5.70. The zero-order valence-corrected chi connectivity index (χ0v) is 12.9. The molecule has 2 heterocycles. The summed E-state index contributed by atoms with van der Waals surface area (Å²) in [7, 11) is 0. The molecule has 4 nitrogen and oxygen atoms in total. The Kier molecular flexibility index (Phi) is 3.33. The van der Waals surface area contributed by atoms with Crippen molar-refractivity contribution in [2.24, 2.45) is 0 Å². The average Bonchev–Trinajstić information content (AvgIpc) is 2.13. The van der Waals surface area contributed by atoms with Gasteiger partial charge in [0.15, 0.2) is 0 Å². The Labute approximate surface area is 116 Å². The highest BCUT2D eigenvalue weighted by molar-refractivity contribution is 14.1. The Morgan fingerprint density at radius 1 is 1.24 bits per heavy atom. The minimum absolute atomic E-state index is 0.157. The van der Waals surface area contributed by atoms with Crippen LogP contribution in [0.2, 0.25) is 0 Å². The second-order valence-electron chi connectivity index (χ2n) is 5.67. The van der Waals surface area contributed by atoms with Crippen molar-refractivity contribution in [3.63, 3.8) is 0 Å². The molecule has 0 N–H and O–H groups in total. The number of hydrogen-bond acceptors (Lipinski definition) is 4. The van der Waals surface area contributed by atoms with Crippen LogP contribution in [-0.4, -0.2) is 34.3 Å². The fraction of sp³-hybridized carbons (Fsp3) is 0.667. The van der Waals surface area contributed by atoms with Gasteiger partial charge in [-0.3, -0.25) is 0 Å². The number of rotatable bonds is 1. The lowest BCUT2D eigenvalue weighted by Gasteiger charge is -2.47. The molecular weight excluding hydrogens is 329 g/mol. The van der Waals surface area contributed by atoms with Crippen LogP contribution in [0.4, 0.5) is 5.82 Å². The molecule has 1 saturated heterocycles. The normalized spacial score (nSPS) is 22.5. The first-order valence-corrected chi connectivity index (χ1v) is 6.78. The van der Waals surface area contributed by atoms with Gasteiger partial charge in [0.1, 0.15) is 12.1 Å². The van der Waals surface area contributed by atoms with E-state index in [1.807, 2.05) is 6.20 Å². The third-order valence-electron chi connectivity index (χ3n) is 2.64. The largest absolute Gasteiger partial charge is 0.366 e. The average molecular weight is 347 g/mol. The standard InChI is InChI=1S/C12H18IN3O/c1-11(2)6-16(7-12(3,4)17-11)10-9(13)5-14-8-15-10/h5,8H,6-7H2,1-4H3. The summed E-state index contributed by atoms with van der Waals surface area (Å²) in [6.07, 6.45) is 3.45. The van der Waals surface area contributed by atoms with Gasteiger partial charge in [-0.2, -0.15) is 0 Å². The predicted octanol–water partition coefficient (Wildman–Crippen LogP) is 2.48. The quantitative estimate of drug-likeness (QED) is 0.732. The van der Waals surface area contributed by atoms with E-state index in [4.69, 9.17) is 4.74 Å². The minimum atomic E-state index is -0.157. The van der Waals surface area contributed by atoms with E-state index in [9.17, 15) is 0 Å². The molecule has 5 heteroatoms. The van der Waals surface area contributed by atoms with Crippen molar-refractivity contribution in [3.05, 3.63) is 16.1 Å². The SMILES string of the molecule is CC1(C)CN(c2ncncc2I)CC(C)(C)O1. The molecule has 0 saturated carbocycles. The molecule has 0 bridgehead atoms. The van der Waals surface area contributed by atoms with E-state index in [0.717, 1.165) is 22.5 Å². The summed E-state index contributed by atoms with van der Waals surface area (Å²) < 4.78 is 7.15. The third kappa shape index (κ3) is 3.07. The number of halogens is 1. The Morgan fingerprint density at radius 2 is 1.82 bits per heavy atom. The summed E-state index contributed by atoms with van der Waals surface area (Å²) in [5, 5.41) is 0. The molecule has 1 aromatic heterocycles. The smallest absolute Gasteiger partial charge is 0.145 e. The Bertz CT molecular complexity index is 404. The van der Waals surface area contributed by atoms with Crippen molar-refractivity contribution in [1.29, 1.82) is 0 Å². The molecule has 1 aliphatic rings. The number of aromatic nitrogens is 2. The van der Waals surface area contributed by atoms with Gasteiger partial charge in [0.2, 0.25) is 0 Å². The number of nitrogens with zero attached hydrogens (tertiary/aromatic N) is 3. The Balaban J connectivity index is 2.30. The van der Waals surface area contributed by atoms with Gasteiger partial charge in [0.05, 0.1) is 14.8 Å². The van der Waals surface area contributed by atoms with E-state index in [1.165, 1.54) is 0 Å². The highest BCUT2D eigenvalue weighted by atomic mass is 127. The number of ether oxygens (including phenoxy) is 1. The summed E-state index contributed by atoms with van der Waals surface area (Å²) in [5.41, 5.74) is -0.314. The van der Waals surface area contributed by atoms with E-state index >= 15 is 0 Å². The van der Waals surface area contributed by atoms with Crippen LogP contribution in [-0.2, 0) is 4.74 Å². The third-order valence-corrected chi connectivity index (χ3v) is 3.40. The van der Waals surface area contributed by atoms with E-state index in [1.54, 1.807) is 6.33 Å². The van der Waals surface area contributed by atoms with Crippen molar-refractivity contribution < 1.29 is 4.74 Å². The summed E-state index contributed by atoms with van der Waals surface area (Å²) in [4.78, 5) is 10.7. The van der Waals surface area contributed by atoms with Crippen LogP contribution in [0.3, 0.4) is 0 Å². The molecule has 94 valence electrons. The zero-order chi connectivity index (χ0) is 12.7. The topological polar surface area (TPSA) is 38.2 Å². The summed E-state index contributed by atoms with van der Waals surface area (Å²) in [6.45, 7) is 10.2. The number of anilines is 1. The minimum Gasteiger partial charge on any atom is -0.366 e.